The molecule has 8 unspecified atom stereocenters. The number of ether oxygens (including phenoxy) is 1. The SMILES string of the molecule is CC(C)CCCCC1CCC2C3CC=C4CC(OC(=O)C(C)C(=O)O)CCC4(C)C3CCC12C. The van der Waals surface area contributed by atoms with Gasteiger partial charge >= 0.3 is 11.9 Å². The van der Waals surface area contributed by atoms with Crippen molar-refractivity contribution < 1.29 is 19.4 Å². The number of carbonyl (C=O) groups excluding carboxylic acids is 1. The number of aliphatic carboxylic acids is 1. The second kappa shape index (κ2) is 9.97. The van der Waals surface area contributed by atoms with Gasteiger partial charge in [0.15, 0.2) is 5.92 Å². The van der Waals surface area contributed by atoms with Crippen molar-refractivity contribution in [2.45, 2.75) is 118 Å². The van der Waals surface area contributed by atoms with E-state index in [4.69, 9.17) is 9.84 Å². The first-order valence-electron chi connectivity index (χ1n) is 14.2. The molecule has 4 aliphatic carbocycles. The second-order valence-electron chi connectivity index (χ2n) is 13.1. The first-order chi connectivity index (χ1) is 16.1. The van der Waals surface area contributed by atoms with Crippen LogP contribution in [0.3, 0.4) is 0 Å². The predicted molar refractivity (Wildman–Crippen MR) is 135 cm³/mol. The molecule has 3 saturated carbocycles. The van der Waals surface area contributed by atoms with E-state index in [0.29, 0.717) is 5.41 Å². The Balaban J connectivity index is 1.41. The quantitative estimate of drug-likeness (QED) is 0.173. The highest BCUT2D eigenvalue weighted by Crippen LogP contribution is 2.66. The van der Waals surface area contributed by atoms with Crippen LogP contribution in [0.15, 0.2) is 11.6 Å². The monoisotopic (exact) mass is 472 g/mol. The van der Waals surface area contributed by atoms with E-state index in [1.54, 1.807) is 0 Å². The van der Waals surface area contributed by atoms with E-state index in [-0.39, 0.29) is 11.5 Å². The van der Waals surface area contributed by atoms with Crippen LogP contribution in [-0.4, -0.2) is 23.1 Å². The Labute approximate surface area is 207 Å². The van der Waals surface area contributed by atoms with Crippen molar-refractivity contribution >= 4 is 11.9 Å². The van der Waals surface area contributed by atoms with Crippen LogP contribution in [0.4, 0.5) is 0 Å². The van der Waals surface area contributed by atoms with Gasteiger partial charge in [0.05, 0.1) is 0 Å². The third-order valence-corrected chi connectivity index (χ3v) is 10.8. The molecule has 0 aliphatic heterocycles. The fraction of sp³-hybridized carbons (Fsp3) is 0.867. The molecular formula is C30H48O4. The number of hydrogen-bond donors (Lipinski definition) is 1. The average molecular weight is 473 g/mol. The molecular weight excluding hydrogens is 424 g/mol. The highest BCUT2D eigenvalue weighted by atomic mass is 16.5. The van der Waals surface area contributed by atoms with Crippen molar-refractivity contribution in [1.82, 2.24) is 0 Å². The van der Waals surface area contributed by atoms with Crippen molar-refractivity contribution in [2.75, 3.05) is 0 Å². The largest absolute Gasteiger partial charge is 0.481 e. The molecule has 0 aromatic carbocycles. The van der Waals surface area contributed by atoms with Crippen LogP contribution in [0.25, 0.3) is 0 Å². The molecule has 0 aromatic rings. The Bertz CT molecular complexity index is 800. The summed E-state index contributed by atoms with van der Waals surface area (Å²) >= 11 is 0. The van der Waals surface area contributed by atoms with Gasteiger partial charge in [-0.2, -0.15) is 0 Å². The van der Waals surface area contributed by atoms with Crippen LogP contribution >= 0.6 is 0 Å². The van der Waals surface area contributed by atoms with E-state index in [0.717, 1.165) is 48.9 Å². The van der Waals surface area contributed by atoms with Gasteiger partial charge < -0.3 is 9.84 Å². The molecule has 4 heteroatoms. The Morgan fingerprint density at radius 1 is 1.06 bits per heavy atom. The standard InChI is InChI=1S/C30H48O4/c1-19(2)8-6-7-9-21-11-13-25-24-12-10-22-18-23(34-28(33)20(3)27(31)32)14-16-30(22,5)26(24)15-17-29(21,25)4/h10,19-21,23-26H,6-9,11-18H2,1-5H3,(H,31,32). The summed E-state index contributed by atoms with van der Waals surface area (Å²) in [4.78, 5) is 23.4. The summed E-state index contributed by atoms with van der Waals surface area (Å²) in [5.74, 6) is 1.37. The molecule has 1 N–H and O–H groups in total. The van der Waals surface area contributed by atoms with Crippen LogP contribution in [0.5, 0.6) is 0 Å². The lowest BCUT2D eigenvalue weighted by atomic mass is 9.47. The highest BCUT2D eigenvalue weighted by molar-refractivity contribution is 5.93. The van der Waals surface area contributed by atoms with Gasteiger partial charge in [0, 0.05) is 6.42 Å². The molecule has 192 valence electrons. The zero-order valence-electron chi connectivity index (χ0n) is 22.3. The molecule has 4 rings (SSSR count). The average Bonchev–Trinajstić information content (AvgIpc) is 3.12. The maximum Gasteiger partial charge on any atom is 0.320 e. The maximum absolute atomic E-state index is 12.2. The van der Waals surface area contributed by atoms with E-state index in [1.165, 1.54) is 70.3 Å². The molecule has 0 spiro atoms. The third-order valence-electron chi connectivity index (χ3n) is 10.8. The lowest BCUT2D eigenvalue weighted by Gasteiger charge is -2.58. The number of unbranched alkanes of at least 4 members (excludes halogenated alkanes) is 1. The first kappa shape index (κ1) is 25.8. The molecule has 0 aromatic heterocycles. The normalized spacial score (nSPS) is 40.1. The van der Waals surface area contributed by atoms with E-state index in [2.05, 4.69) is 33.8 Å². The van der Waals surface area contributed by atoms with Gasteiger partial charge in [-0.15, -0.1) is 0 Å². The van der Waals surface area contributed by atoms with Gasteiger partial charge in [0.25, 0.3) is 0 Å². The van der Waals surface area contributed by atoms with Gasteiger partial charge in [-0.25, -0.2) is 0 Å². The number of fused-ring (bicyclic) bond motifs is 5. The summed E-state index contributed by atoms with van der Waals surface area (Å²) in [6.45, 7) is 11.2. The van der Waals surface area contributed by atoms with Gasteiger partial charge in [-0.05, 0) is 98.7 Å². The molecule has 4 aliphatic rings. The fourth-order valence-corrected chi connectivity index (χ4v) is 8.62. The van der Waals surface area contributed by atoms with Crippen LogP contribution in [0.1, 0.15) is 112 Å². The van der Waals surface area contributed by atoms with Gasteiger partial charge in [-0.1, -0.05) is 58.6 Å². The molecule has 34 heavy (non-hydrogen) atoms. The topological polar surface area (TPSA) is 63.6 Å². The molecule has 0 bridgehead atoms. The number of carbonyl (C=O) groups is 2. The summed E-state index contributed by atoms with van der Waals surface area (Å²) in [5, 5.41) is 9.12. The van der Waals surface area contributed by atoms with E-state index in [9.17, 15) is 9.59 Å². The van der Waals surface area contributed by atoms with Crippen molar-refractivity contribution in [3.63, 3.8) is 0 Å². The summed E-state index contributed by atoms with van der Waals surface area (Å²) in [5.41, 5.74) is 2.23. The van der Waals surface area contributed by atoms with Gasteiger partial charge in [0.2, 0.25) is 0 Å². The summed E-state index contributed by atoms with van der Waals surface area (Å²) in [6.07, 6.45) is 17.4. The molecule has 0 amide bonds. The van der Waals surface area contributed by atoms with Crippen molar-refractivity contribution in [1.29, 1.82) is 0 Å². The van der Waals surface area contributed by atoms with Crippen LogP contribution < -0.4 is 0 Å². The van der Waals surface area contributed by atoms with E-state index >= 15 is 0 Å². The Kier molecular flexibility index (Phi) is 7.56. The first-order valence-corrected chi connectivity index (χ1v) is 14.2. The molecule has 4 nitrogen and oxygen atoms in total. The van der Waals surface area contributed by atoms with E-state index < -0.39 is 17.9 Å². The lowest BCUT2D eigenvalue weighted by molar-refractivity contribution is -0.163. The van der Waals surface area contributed by atoms with Crippen LogP contribution in [0, 0.1) is 46.3 Å². The predicted octanol–water partition coefficient (Wildman–Crippen LogP) is 7.41. The lowest BCUT2D eigenvalue weighted by Crippen LogP contribution is -2.50. The maximum atomic E-state index is 12.2. The zero-order chi connectivity index (χ0) is 24.7. The minimum absolute atomic E-state index is 0.166. The Morgan fingerprint density at radius 3 is 2.53 bits per heavy atom. The molecule has 0 saturated heterocycles. The summed E-state index contributed by atoms with van der Waals surface area (Å²) in [7, 11) is 0. The minimum Gasteiger partial charge on any atom is -0.481 e. The molecule has 3 fully saturated rings. The van der Waals surface area contributed by atoms with Gasteiger partial charge in [0.1, 0.15) is 6.10 Å². The third kappa shape index (κ3) is 4.72. The summed E-state index contributed by atoms with van der Waals surface area (Å²) in [6, 6.07) is 0. The summed E-state index contributed by atoms with van der Waals surface area (Å²) < 4.78 is 5.64. The highest BCUT2D eigenvalue weighted by Gasteiger charge is 2.58. The Morgan fingerprint density at radius 2 is 1.82 bits per heavy atom. The number of carboxylic acids is 1. The van der Waals surface area contributed by atoms with Crippen molar-refractivity contribution in [3.8, 4) is 0 Å². The second-order valence-corrected chi connectivity index (χ2v) is 13.1. The number of hydrogen-bond acceptors (Lipinski definition) is 3. The van der Waals surface area contributed by atoms with Crippen LogP contribution in [-0.2, 0) is 14.3 Å². The van der Waals surface area contributed by atoms with E-state index in [1.807, 2.05) is 0 Å². The minimum atomic E-state index is -1.11. The number of esters is 1. The zero-order valence-corrected chi connectivity index (χ0v) is 22.3. The molecule has 0 heterocycles. The van der Waals surface area contributed by atoms with Crippen molar-refractivity contribution in [2.24, 2.45) is 46.3 Å². The molecule has 8 atom stereocenters. The Hall–Kier alpha value is -1.32. The number of rotatable bonds is 8. The molecule has 0 radical (unpaired) electrons. The number of carboxylic acid groups (broad SMARTS) is 1. The number of allylic oxidation sites excluding steroid dienone is 1. The van der Waals surface area contributed by atoms with Crippen molar-refractivity contribution in [3.05, 3.63) is 11.6 Å². The fourth-order valence-electron chi connectivity index (χ4n) is 8.62. The smallest absolute Gasteiger partial charge is 0.320 e. The van der Waals surface area contributed by atoms with Gasteiger partial charge in [-0.3, -0.25) is 9.59 Å². The van der Waals surface area contributed by atoms with Crippen LogP contribution in [0.2, 0.25) is 0 Å².